The second-order valence-corrected chi connectivity index (χ2v) is 4.10. The second kappa shape index (κ2) is 9.25. The Morgan fingerprint density at radius 1 is 1.24 bits per heavy atom. The van der Waals surface area contributed by atoms with Gasteiger partial charge in [0.15, 0.2) is 0 Å². The van der Waals surface area contributed by atoms with E-state index in [-0.39, 0.29) is 69.8 Å². The average molecular weight is 383 g/mol. The Morgan fingerprint density at radius 3 is 1.94 bits per heavy atom. The molecular formula is C8H11INNaO5S. The number of hydrogen-bond donors (Lipinski definition) is 2. The maximum Gasteiger partial charge on any atom is 1.00 e. The maximum absolute atomic E-state index is 10.6. The molecule has 9 heteroatoms. The molecule has 92 valence electrons. The zero-order valence-corrected chi connectivity index (χ0v) is 14.2. The number of hydrogen-bond acceptors (Lipinski definition) is 3. The molecule has 1 rings (SSSR count). The van der Waals surface area contributed by atoms with E-state index in [0.29, 0.717) is 5.69 Å². The van der Waals surface area contributed by atoms with Gasteiger partial charge in [0.2, 0.25) is 5.91 Å². The van der Waals surface area contributed by atoms with Crippen molar-refractivity contribution in [3.63, 3.8) is 0 Å². The van der Waals surface area contributed by atoms with Gasteiger partial charge in [-0.1, -0.05) is 0 Å². The number of carbonyl (C=O) groups excluding carboxylic acids is 1. The fraction of sp³-hybridized carbons (Fsp3) is 0.125. The zero-order valence-electron chi connectivity index (χ0n) is 9.27. The molecule has 0 atom stereocenters. The van der Waals surface area contributed by atoms with E-state index in [1.54, 1.807) is 0 Å². The number of halogens is 1. The third-order valence-corrected chi connectivity index (χ3v) is 2.34. The summed E-state index contributed by atoms with van der Waals surface area (Å²) in [5.74, 6) is -0.246. The molecule has 0 aliphatic rings. The predicted octanol–water partition coefficient (Wildman–Crippen LogP) is -5.92. The molecule has 0 unspecified atom stereocenters. The molecule has 0 aromatic heterocycles. The summed E-state index contributed by atoms with van der Waals surface area (Å²) in [6.45, 7) is 1.34. The molecule has 0 aliphatic heterocycles. The predicted molar refractivity (Wildman–Crippen MR) is 54.2 cm³/mol. The van der Waals surface area contributed by atoms with Crippen LogP contribution in [0.15, 0.2) is 29.2 Å². The van der Waals surface area contributed by atoms with Gasteiger partial charge in [0.05, 0.1) is 4.90 Å². The minimum absolute atomic E-state index is 0. The van der Waals surface area contributed by atoms with Crippen molar-refractivity contribution in [2.24, 2.45) is 0 Å². The van der Waals surface area contributed by atoms with E-state index in [4.69, 9.17) is 4.55 Å². The van der Waals surface area contributed by atoms with Crippen LogP contribution in [0.4, 0.5) is 5.69 Å². The van der Waals surface area contributed by atoms with E-state index < -0.39 is 10.1 Å². The van der Waals surface area contributed by atoms with Gasteiger partial charge in [0.25, 0.3) is 10.1 Å². The number of benzene rings is 1. The molecule has 0 saturated heterocycles. The Labute approximate surface area is 139 Å². The SMILES string of the molecule is CC(=O)Nc1ccc(S(=O)(=O)O)cc1.O.[I-].[Na+]. The van der Waals surface area contributed by atoms with Gasteiger partial charge in [-0.15, -0.1) is 0 Å². The first kappa shape index (κ1) is 22.5. The van der Waals surface area contributed by atoms with Gasteiger partial charge in [0, 0.05) is 12.6 Å². The molecule has 0 bridgehead atoms. The van der Waals surface area contributed by atoms with Crippen LogP contribution < -0.4 is 58.9 Å². The second-order valence-electron chi connectivity index (χ2n) is 2.68. The first-order valence-electron chi connectivity index (χ1n) is 3.75. The van der Waals surface area contributed by atoms with Crippen LogP contribution in [-0.4, -0.2) is 24.4 Å². The van der Waals surface area contributed by atoms with Gasteiger partial charge >= 0.3 is 29.6 Å². The van der Waals surface area contributed by atoms with E-state index >= 15 is 0 Å². The van der Waals surface area contributed by atoms with Crippen molar-refractivity contribution in [2.45, 2.75) is 11.8 Å². The molecule has 17 heavy (non-hydrogen) atoms. The topological polar surface area (TPSA) is 115 Å². The quantitative estimate of drug-likeness (QED) is 0.301. The normalized spacial score (nSPS) is 9.06. The fourth-order valence-corrected chi connectivity index (χ4v) is 1.39. The molecule has 1 aromatic rings. The molecule has 6 nitrogen and oxygen atoms in total. The van der Waals surface area contributed by atoms with Crippen LogP contribution in [0.2, 0.25) is 0 Å². The van der Waals surface area contributed by atoms with E-state index in [9.17, 15) is 13.2 Å². The van der Waals surface area contributed by atoms with Crippen molar-refractivity contribution in [3.8, 4) is 0 Å². The molecule has 1 aromatic carbocycles. The minimum Gasteiger partial charge on any atom is -1.00 e. The summed E-state index contributed by atoms with van der Waals surface area (Å²) in [6, 6.07) is 5.20. The van der Waals surface area contributed by atoms with Gasteiger partial charge in [-0.3, -0.25) is 9.35 Å². The van der Waals surface area contributed by atoms with Crippen LogP contribution in [0.1, 0.15) is 6.92 Å². The summed E-state index contributed by atoms with van der Waals surface area (Å²) >= 11 is 0. The van der Waals surface area contributed by atoms with Crippen molar-refractivity contribution in [3.05, 3.63) is 24.3 Å². The first-order valence-corrected chi connectivity index (χ1v) is 5.19. The monoisotopic (exact) mass is 383 g/mol. The molecule has 0 aliphatic carbocycles. The summed E-state index contributed by atoms with van der Waals surface area (Å²) in [6.07, 6.45) is 0. The molecule has 0 fully saturated rings. The molecular weight excluding hydrogens is 372 g/mol. The van der Waals surface area contributed by atoms with Crippen molar-refractivity contribution in [1.29, 1.82) is 0 Å². The van der Waals surface area contributed by atoms with Crippen LogP contribution >= 0.6 is 0 Å². The maximum atomic E-state index is 10.6. The van der Waals surface area contributed by atoms with Crippen molar-refractivity contribution >= 4 is 21.7 Å². The average Bonchev–Trinajstić information content (AvgIpc) is 2.02. The van der Waals surface area contributed by atoms with Crippen LogP contribution in [0.5, 0.6) is 0 Å². The molecule has 4 N–H and O–H groups in total. The smallest absolute Gasteiger partial charge is 1.00 e. The summed E-state index contributed by atoms with van der Waals surface area (Å²) < 4.78 is 29.9. The summed E-state index contributed by atoms with van der Waals surface area (Å²) in [4.78, 5) is 10.4. The summed E-state index contributed by atoms with van der Waals surface area (Å²) in [7, 11) is -4.16. The van der Waals surface area contributed by atoms with E-state index in [1.165, 1.54) is 31.2 Å². The molecule has 0 heterocycles. The number of anilines is 1. The molecule has 1 amide bonds. The van der Waals surface area contributed by atoms with E-state index in [1.807, 2.05) is 0 Å². The van der Waals surface area contributed by atoms with Crippen molar-refractivity contribution < 1.29 is 76.8 Å². The standard InChI is InChI=1S/C8H9NO4S.HI.Na.H2O/c1-6(10)9-7-2-4-8(5-3-7)14(11,12)13;;;/h2-5H,1H3,(H,9,10)(H,11,12,13);1H;;1H2/q;;+1;/p-1. The van der Waals surface area contributed by atoms with Crippen molar-refractivity contribution in [2.75, 3.05) is 5.32 Å². The Balaban J connectivity index is -0.000000653. The number of carbonyl (C=O) groups is 1. The fourth-order valence-electron chi connectivity index (χ4n) is 0.914. The number of rotatable bonds is 2. The van der Waals surface area contributed by atoms with Gasteiger partial charge in [-0.05, 0) is 24.3 Å². The van der Waals surface area contributed by atoms with Gasteiger partial charge < -0.3 is 34.8 Å². The van der Waals surface area contributed by atoms with Gasteiger partial charge in [0.1, 0.15) is 0 Å². The Hall–Kier alpha value is 0.290. The van der Waals surface area contributed by atoms with E-state index in [0.717, 1.165) is 0 Å². The third-order valence-electron chi connectivity index (χ3n) is 1.47. The van der Waals surface area contributed by atoms with Gasteiger partial charge in [-0.2, -0.15) is 8.42 Å². The minimum atomic E-state index is -4.16. The first-order chi connectivity index (χ1) is 6.39. The Kier molecular flexibility index (Phi) is 12.2. The summed E-state index contributed by atoms with van der Waals surface area (Å²) in [5, 5.41) is 2.47. The Morgan fingerprint density at radius 2 is 1.65 bits per heavy atom. The van der Waals surface area contributed by atoms with Crippen LogP contribution in [-0.2, 0) is 14.9 Å². The van der Waals surface area contributed by atoms with Crippen LogP contribution in [0, 0.1) is 0 Å². The Bertz CT molecular complexity index is 447. The molecule has 0 radical (unpaired) electrons. The zero-order chi connectivity index (χ0) is 10.8. The molecule has 0 spiro atoms. The number of amides is 1. The van der Waals surface area contributed by atoms with Crippen molar-refractivity contribution in [1.82, 2.24) is 0 Å². The summed E-state index contributed by atoms with van der Waals surface area (Å²) in [5.41, 5.74) is 0.477. The molecule has 0 saturated carbocycles. The number of nitrogens with one attached hydrogen (secondary N) is 1. The van der Waals surface area contributed by atoms with E-state index in [2.05, 4.69) is 5.32 Å². The largest absolute Gasteiger partial charge is 1.00 e. The third kappa shape index (κ3) is 8.08. The van der Waals surface area contributed by atoms with Crippen LogP contribution in [0.3, 0.4) is 0 Å². The van der Waals surface area contributed by atoms with Crippen LogP contribution in [0.25, 0.3) is 0 Å². The van der Waals surface area contributed by atoms with Gasteiger partial charge in [-0.25, -0.2) is 0 Å².